The maximum absolute atomic E-state index is 13.6. The van der Waals surface area contributed by atoms with Gasteiger partial charge in [-0.3, -0.25) is 9.69 Å². The summed E-state index contributed by atoms with van der Waals surface area (Å²) in [5.41, 5.74) is 1.50. The molecule has 144 valence electrons. The molecule has 2 aromatic rings. The molecule has 3 rings (SSSR count). The summed E-state index contributed by atoms with van der Waals surface area (Å²) in [6, 6.07) is 11.7. The first-order chi connectivity index (χ1) is 13.1. The third kappa shape index (κ3) is 4.75. The number of hydrogen-bond donors (Lipinski definition) is 2. The van der Waals surface area contributed by atoms with Gasteiger partial charge in [-0.1, -0.05) is 12.1 Å². The van der Waals surface area contributed by atoms with E-state index in [2.05, 4.69) is 15.5 Å². The standard InChI is InChI=1S/C20H24FN3O3/c1-26-18-7-6-16(11-19(18)27-2)23-20(25)13-24-9-8-22-12-17(24)14-4-3-5-15(21)10-14/h3-7,10-11,17,22H,8-9,12-13H2,1-2H3,(H,23,25). The quantitative estimate of drug-likeness (QED) is 0.814. The van der Waals surface area contributed by atoms with Crippen molar-refractivity contribution >= 4 is 11.6 Å². The Labute approximate surface area is 158 Å². The first-order valence-electron chi connectivity index (χ1n) is 8.83. The van der Waals surface area contributed by atoms with Gasteiger partial charge in [0, 0.05) is 37.4 Å². The van der Waals surface area contributed by atoms with E-state index < -0.39 is 0 Å². The summed E-state index contributed by atoms with van der Waals surface area (Å²) in [6.45, 7) is 2.39. The van der Waals surface area contributed by atoms with Crippen molar-refractivity contribution < 1.29 is 18.7 Å². The van der Waals surface area contributed by atoms with Gasteiger partial charge in [0.2, 0.25) is 5.91 Å². The van der Waals surface area contributed by atoms with Crippen LogP contribution in [0.25, 0.3) is 0 Å². The van der Waals surface area contributed by atoms with Gasteiger partial charge in [-0.15, -0.1) is 0 Å². The normalized spacial score (nSPS) is 17.4. The number of halogens is 1. The van der Waals surface area contributed by atoms with Gasteiger partial charge in [0.25, 0.3) is 0 Å². The summed E-state index contributed by atoms with van der Waals surface area (Å²) in [5.74, 6) is 0.747. The minimum absolute atomic E-state index is 0.0504. The van der Waals surface area contributed by atoms with E-state index in [0.29, 0.717) is 30.3 Å². The Morgan fingerprint density at radius 2 is 2.04 bits per heavy atom. The van der Waals surface area contributed by atoms with Crippen LogP contribution in [0.15, 0.2) is 42.5 Å². The van der Waals surface area contributed by atoms with Crippen LogP contribution in [0.5, 0.6) is 11.5 Å². The fourth-order valence-corrected chi connectivity index (χ4v) is 3.28. The van der Waals surface area contributed by atoms with E-state index in [9.17, 15) is 9.18 Å². The number of amides is 1. The van der Waals surface area contributed by atoms with Gasteiger partial charge in [-0.2, -0.15) is 0 Å². The highest BCUT2D eigenvalue weighted by Gasteiger charge is 2.25. The summed E-state index contributed by atoms with van der Waals surface area (Å²) in [5, 5.41) is 6.20. The number of carbonyl (C=O) groups excluding carboxylic acids is 1. The fraction of sp³-hybridized carbons (Fsp3) is 0.350. The van der Waals surface area contributed by atoms with E-state index in [0.717, 1.165) is 12.1 Å². The Bertz CT molecular complexity index is 800. The molecule has 0 bridgehead atoms. The maximum Gasteiger partial charge on any atom is 0.238 e. The second-order valence-corrected chi connectivity index (χ2v) is 6.36. The van der Waals surface area contributed by atoms with Crippen molar-refractivity contribution in [3.63, 3.8) is 0 Å². The largest absolute Gasteiger partial charge is 0.493 e. The van der Waals surface area contributed by atoms with Gasteiger partial charge in [-0.05, 0) is 29.8 Å². The zero-order valence-corrected chi connectivity index (χ0v) is 15.5. The number of rotatable bonds is 6. The molecule has 1 amide bonds. The van der Waals surface area contributed by atoms with Gasteiger partial charge < -0.3 is 20.1 Å². The zero-order chi connectivity index (χ0) is 19.2. The summed E-state index contributed by atoms with van der Waals surface area (Å²) in [6.07, 6.45) is 0. The topological polar surface area (TPSA) is 62.8 Å². The molecule has 6 nitrogen and oxygen atoms in total. The number of nitrogens with one attached hydrogen (secondary N) is 2. The highest BCUT2D eigenvalue weighted by molar-refractivity contribution is 5.92. The van der Waals surface area contributed by atoms with Crippen LogP contribution in [-0.4, -0.2) is 51.2 Å². The lowest BCUT2D eigenvalue weighted by atomic mass is 10.0. The predicted molar refractivity (Wildman–Crippen MR) is 102 cm³/mol. The Hall–Kier alpha value is -2.64. The van der Waals surface area contributed by atoms with Gasteiger partial charge in [0.05, 0.1) is 20.8 Å². The van der Waals surface area contributed by atoms with E-state index >= 15 is 0 Å². The molecule has 1 atom stereocenters. The number of anilines is 1. The van der Waals surface area contributed by atoms with Crippen LogP contribution < -0.4 is 20.1 Å². The van der Waals surface area contributed by atoms with Gasteiger partial charge in [-0.25, -0.2) is 4.39 Å². The molecule has 0 spiro atoms. The lowest BCUT2D eigenvalue weighted by molar-refractivity contribution is -0.118. The van der Waals surface area contributed by atoms with Crippen LogP contribution in [0.2, 0.25) is 0 Å². The second-order valence-electron chi connectivity index (χ2n) is 6.36. The maximum atomic E-state index is 13.6. The number of methoxy groups -OCH3 is 2. The van der Waals surface area contributed by atoms with Crippen molar-refractivity contribution in [3.8, 4) is 11.5 Å². The number of piperazine rings is 1. The molecule has 2 aromatic carbocycles. The molecule has 7 heteroatoms. The molecule has 2 N–H and O–H groups in total. The van der Waals surface area contributed by atoms with Crippen LogP contribution >= 0.6 is 0 Å². The fourth-order valence-electron chi connectivity index (χ4n) is 3.28. The van der Waals surface area contributed by atoms with Crippen molar-refractivity contribution in [2.24, 2.45) is 0 Å². The monoisotopic (exact) mass is 373 g/mol. The Morgan fingerprint density at radius 1 is 1.22 bits per heavy atom. The molecular weight excluding hydrogens is 349 g/mol. The third-order valence-electron chi connectivity index (χ3n) is 4.60. The van der Waals surface area contributed by atoms with Crippen LogP contribution in [0.3, 0.4) is 0 Å². The predicted octanol–water partition coefficient (Wildman–Crippen LogP) is 2.43. The van der Waals surface area contributed by atoms with Crippen molar-refractivity contribution in [3.05, 3.63) is 53.8 Å². The molecule has 0 aliphatic carbocycles. The SMILES string of the molecule is COc1ccc(NC(=O)CN2CCNCC2c2cccc(F)c2)cc1OC. The van der Waals surface area contributed by atoms with E-state index in [-0.39, 0.29) is 24.3 Å². The van der Waals surface area contributed by atoms with Crippen molar-refractivity contribution in [1.29, 1.82) is 0 Å². The minimum atomic E-state index is -0.271. The number of benzene rings is 2. The number of nitrogens with zero attached hydrogens (tertiary/aromatic N) is 1. The molecule has 1 saturated heterocycles. The van der Waals surface area contributed by atoms with Gasteiger partial charge in [0.15, 0.2) is 11.5 Å². The molecule has 0 radical (unpaired) electrons. The molecule has 1 unspecified atom stereocenters. The lowest BCUT2D eigenvalue weighted by Crippen LogP contribution is -2.48. The molecule has 1 aliphatic heterocycles. The first-order valence-corrected chi connectivity index (χ1v) is 8.83. The minimum Gasteiger partial charge on any atom is -0.493 e. The van der Waals surface area contributed by atoms with Crippen molar-refractivity contribution in [2.75, 3.05) is 45.7 Å². The summed E-state index contributed by atoms with van der Waals surface area (Å²) >= 11 is 0. The smallest absolute Gasteiger partial charge is 0.238 e. The molecule has 27 heavy (non-hydrogen) atoms. The zero-order valence-electron chi connectivity index (χ0n) is 15.5. The third-order valence-corrected chi connectivity index (χ3v) is 4.60. The highest BCUT2D eigenvalue weighted by Crippen LogP contribution is 2.30. The molecular formula is C20H24FN3O3. The average Bonchev–Trinajstić information content (AvgIpc) is 2.68. The lowest BCUT2D eigenvalue weighted by Gasteiger charge is -2.36. The summed E-state index contributed by atoms with van der Waals surface area (Å²) < 4.78 is 24.1. The van der Waals surface area contributed by atoms with Crippen LogP contribution in [0.4, 0.5) is 10.1 Å². The second kappa shape index (κ2) is 8.83. The Balaban J connectivity index is 1.68. The van der Waals surface area contributed by atoms with Gasteiger partial charge >= 0.3 is 0 Å². The van der Waals surface area contributed by atoms with E-state index in [1.54, 1.807) is 38.5 Å². The highest BCUT2D eigenvalue weighted by atomic mass is 19.1. The Kier molecular flexibility index (Phi) is 6.26. The van der Waals surface area contributed by atoms with E-state index in [1.807, 2.05) is 6.07 Å². The Morgan fingerprint density at radius 3 is 2.78 bits per heavy atom. The van der Waals surface area contributed by atoms with Crippen molar-refractivity contribution in [1.82, 2.24) is 10.2 Å². The number of carbonyl (C=O) groups is 1. The first kappa shape index (κ1) is 19.1. The summed E-state index contributed by atoms with van der Waals surface area (Å²) in [4.78, 5) is 14.6. The van der Waals surface area contributed by atoms with E-state index in [1.165, 1.54) is 12.1 Å². The van der Waals surface area contributed by atoms with Gasteiger partial charge in [0.1, 0.15) is 5.82 Å². The van der Waals surface area contributed by atoms with Crippen LogP contribution in [0, 0.1) is 5.82 Å². The average molecular weight is 373 g/mol. The molecule has 1 fully saturated rings. The van der Waals surface area contributed by atoms with Crippen LogP contribution in [0.1, 0.15) is 11.6 Å². The van der Waals surface area contributed by atoms with Crippen LogP contribution in [-0.2, 0) is 4.79 Å². The molecule has 0 saturated carbocycles. The van der Waals surface area contributed by atoms with E-state index in [4.69, 9.17) is 9.47 Å². The van der Waals surface area contributed by atoms with Crippen molar-refractivity contribution in [2.45, 2.75) is 6.04 Å². The molecule has 0 aromatic heterocycles. The molecule has 1 heterocycles. The summed E-state index contributed by atoms with van der Waals surface area (Å²) in [7, 11) is 3.11. The number of ether oxygens (including phenoxy) is 2. The molecule has 1 aliphatic rings. The number of hydrogen-bond acceptors (Lipinski definition) is 5.